The summed E-state index contributed by atoms with van der Waals surface area (Å²) in [7, 11) is 0. The van der Waals surface area contributed by atoms with E-state index in [0.717, 1.165) is 18.4 Å². The van der Waals surface area contributed by atoms with Gasteiger partial charge in [-0.1, -0.05) is 25.5 Å². The molecule has 17 heavy (non-hydrogen) atoms. The zero-order chi connectivity index (χ0) is 12.8. The van der Waals surface area contributed by atoms with Crippen LogP contribution in [0.25, 0.3) is 0 Å². The molecular formula is C14H20FNO. The molecule has 0 bridgehead atoms. The molecule has 0 aliphatic rings. The van der Waals surface area contributed by atoms with Gasteiger partial charge in [-0.05, 0) is 37.8 Å². The van der Waals surface area contributed by atoms with Crippen LogP contribution in [0.4, 0.5) is 4.39 Å². The van der Waals surface area contributed by atoms with Gasteiger partial charge in [-0.3, -0.25) is 4.79 Å². The molecule has 0 saturated carbocycles. The quantitative estimate of drug-likeness (QED) is 0.782. The Labute approximate surface area is 102 Å². The van der Waals surface area contributed by atoms with Crippen molar-refractivity contribution in [2.45, 2.75) is 33.6 Å². The molecule has 0 unspecified atom stereocenters. The third-order valence-electron chi connectivity index (χ3n) is 2.61. The van der Waals surface area contributed by atoms with E-state index in [0.29, 0.717) is 12.5 Å². The molecule has 1 aromatic rings. The van der Waals surface area contributed by atoms with Crippen molar-refractivity contribution in [3.8, 4) is 0 Å². The van der Waals surface area contributed by atoms with E-state index in [1.807, 2.05) is 6.92 Å². The molecule has 0 aromatic heterocycles. The summed E-state index contributed by atoms with van der Waals surface area (Å²) in [5.74, 6) is -0.158. The molecule has 3 heteroatoms. The van der Waals surface area contributed by atoms with Gasteiger partial charge in [-0.2, -0.15) is 0 Å². The van der Waals surface area contributed by atoms with E-state index in [2.05, 4.69) is 19.2 Å². The number of amides is 1. The molecule has 0 fully saturated rings. The Balaban J connectivity index is 2.49. The van der Waals surface area contributed by atoms with Crippen LogP contribution in [-0.2, 0) is 0 Å². The number of benzene rings is 1. The van der Waals surface area contributed by atoms with Gasteiger partial charge in [0.2, 0.25) is 0 Å². The lowest BCUT2D eigenvalue weighted by molar-refractivity contribution is 0.0948. The Morgan fingerprint density at radius 2 is 2.12 bits per heavy atom. The van der Waals surface area contributed by atoms with Crippen molar-refractivity contribution < 1.29 is 9.18 Å². The number of hydrogen-bond acceptors (Lipinski definition) is 1. The SMILES string of the molecule is Cc1ccc(F)c(C(=O)NCCCC(C)C)c1. The highest BCUT2D eigenvalue weighted by Crippen LogP contribution is 2.10. The second kappa shape index (κ2) is 6.38. The smallest absolute Gasteiger partial charge is 0.254 e. The van der Waals surface area contributed by atoms with Crippen LogP contribution in [0.1, 0.15) is 42.6 Å². The summed E-state index contributed by atoms with van der Waals surface area (Å²) < 4.78 is 13.4. The van der Waals surface area contributed by atoms with Crippen LogP contribution in [0.2, 0.25) is 0 Å². The van der Waals surface area contributed by atoms with Gasteiger partial charge in [0, 0.05) is 6.54 Å². The first-order valence-electron chi connectivity index (χ1n) is 6.05. The highest BCUT2D eigenvalue weighted by molar-refractivity contribution is 5.94. The number of carbonyl (C=O) groups excluding carboxylic acids is 1. The second-order valence-electron chi connectivity index (χ2n) is 4.78. The molecule has 0 aliphatic heterocycles. The van der Waals surface area contributed by atoms with Crippen LogP contribution in [0, 0.1) is 18.7 Å². The van der Waals surface area contributed by atoms with Crippen molar-refractivity contribution >= 4 is 5.91 Å². The predicted octanol–water partition coefficient (Wildman–Crippen LogP) is 3.30. The number of hydrogen-bond donors (Lipinski definition) is 1. The largest absolute Gasteiger partial charge is 0.352 e. The summed E-state index contributed by atoms with van der Waals surface area (Å²) in [6, 6.07) is 4.57. The summed E-state index contributed by atoms with van der Waals surface area (Å²) in [4.78, 5) is 11.7. The third kappa shape index (κ3) is 4.55. The topological polar surface area (TPSA) is 29.1 Å². The Hall–Kier alpha value is -1.38. The van der Waals surface area contributed by atoms with Gasteiger partial charge in [0.25, 0.3) is 5.91 Å². The number of nitrogens with one attached hydrogen (secondary N) is 1. The lowest BCUT2D eigenvalue weighted by Crippen LogP contribution is -2.25. The van der Waals surface area contributed by atoms with E-state index in [1.165, 1.54) is 6.07 Å². The van der Waals surface area contributed by atoms with Gasteiger partial charge in [0.15, 0.2) is 0 Å². The first-order valence-corrected chi connectivity index (χ1v) is 6.05. The van der Waals surface area contributed by atoms with Crippen molar-refractivity contribution in [3.63, 3.8) is 0 Å². The van der Waals surface area contributed by atoms with Crippen LogP contribution in [0.5, 0.6) is 0 Å². The van der Waals surface area contributed by atoms with Gasteiger partial charge in [-0.25, -0.2) is 4.39 Å². The molecule has 94 valence electrons. The van der Waals surface area contributed by atoms with Crippen molar-refractivity contribution in [3.05, 3.63) is 35.1 Å². The Morgan fingerprint density at radius 1 is 1.41 bits per heavy atom. The van der Waals surface area contributed by atoms with Crippen LogP contribution in [0.3, 0.4) is 0 Å². The number of rotatable bonds is 5. The Bertz CT molecular complexity index is 388. The van der Waals surface area contributed by atoms with E-state index < -0.39 is 5.82 Å². The minimum atomic E-state index is -0.461. The van der Waals surface area contributed by atoms with Crippen LogP contribution < -0.4 is 5.32 Å². The fourth-order valence-electron chi connectivity index (χ4n) is 1.62. The van der Waals surface area contributed by atoms with Gasteiger partial charge in [0.05, 0.1) is 5.56 Å². The highest BCUT2D eigenvalue weighted by atomic mass is 19.1. The van der Waals surface area contributed by atoms with Crippen LogP contribution in [-0.4, -0.2) is 12.5 Å². The minimum Gasteiger partial charge on any atom is -0.352 e. The summed E-state index contributed by atoms with van der Waals surface area (Å²) in [5.41, 5.74) is 1.02. The minimum absolute atomic E-state index is 0.134. The van der Waals surface area contributed by atoms with Crippen molar-refractivity contribution in [1.82, 2.24) is 5.32 Å². The van der Waals surface area contributed by atoms with Gasteiger partial charge in [0.1, 0.15) is 5.82 Å². The lowest BCUT2D eigenvalue weighted by atomic mass is 10.1. The zero-order valence-corrected chi connectivity index (χ0v) is 10.7. The summed E-state index contributed by atoms with van der Waals surface area (Å²) in [5, 5.41) is 2.74. The highest BCUT2D eigenvalue weighted by Gasteiger charge is 2.10. The monoisotopic (exact) mass is 237 g/mol. The third-order valence-corrected chi connectivity index (χ3v) is 2.61. The fourth-order valence-corrected chi connectivity index (χ4v) is 1.62. The second-order valence-corrected chi connectivity index (χ2v) is 4.78. The number of aryl methyl sites for hydroxylation is 1. The molecule has 1 amide bonds. The average Bonchev–Trinajstić information content (AvgIpc) is 2.27. The van der Waals surface area contributed by atoms with Crippen molar-refractivity contribution in [1.29, 1.82) is 0 Å². The predicted molar refractivity (Wildman–Crippen MR) is 67.5 cm³/mol. The van der Waals surface area contributed by atoms with Gasteiger partial charge in [-0.15, -0.1) is 0 Å². The first kappa shape index (κ1) is 13.7. The number of halogens is 1. The molecule has 0 atom stereocenters. The molecule has 0 saturated heterocycles. The molecule has 1 N–H and O–H groups in total. The van der Waals surface area contributed by atoms with E-state index in [1.54, 1.807) is 12.1 Å². The maximum Gasteiger partial charge on any atom is 0.254 e. The van der Waals surface area contributed by atoms with Crippen molar-refractivity contribution in [2.24, 2.45) is 5.92 Å². The van der Waals surface area contributed by atoms with E-state index in [4.69, 9.17) is 0 Å². The van der Waals surface area contributed by atoms with E-state index >= 15 is 0 Å². The van der Waals surface area contributed by atoms with Gasteiger partial charge < -0.3 is 5.32 Å². The molecule has 0 spiro atoms. The Kier molecular flexibility index (Phi) is 5.13. The van der Waals surface area contributed by atoms with E-state index in [9.17, 15) is 9.18 Å². The lowest BCUT2D eigenvalue weighted by Gasteiger charge is -2.08. The standard InChI is InChI=1S/C14H20FNO/c1-10(2)5-4-8-16-14(17)12-9-11(3)6-7-13(12)15/h6-7,9-10H,4-5,8H2,1-3H3,(H,16,17). The summed E-state index contributed by atoms with van der Waals surface area (Å²) in [6.07, 6.45) is 1.99. The maximum absolute atomic E-state index is 13.4. The first-order chi connectivity index (χ1) is 8.00. The number of carbonyl (C=O) groups is 1. The average molecular weight is 237 g/mol. The zero-order valence-electron chi connectivity index (χ0n) is 10.7. The summed E-state index contributed by atoms with van der Waals surface area (Å²) >= 11 is 0. The normalized spacial score (nSPS) is 10.6. The molecular weight excluding hydrogens is 217 g/mol. The molecule has 0 heterocycles. The molecule has 1 aromatic carbocycles. The summed E-state index contributed by atoms with van der Waals surface area (Å²) in [6.45, 7) is 6.73. The molecule has 2 nitrogen and oxygen atoms in total. The molecule has 1 rings (SSSR count). The van der Waals surface area contributed by atoms with Crippen LogP contribution in [0.15, 0.2) is 18.2 Å². The Morgan fingerprint density at radius 3 is 2.76 bits per heavy atom. The van der Waals surface area contributed by atoms with Crippen LogP contribution >= 0.6 is 0 Å². The molecule has 0 radical (unpaired) electrons. The maximum atomic E-state index is 13.4. The molecule has 0 aliphatic carbocycles. The van der Waals surface area contributed by atoms with Gasteiger partial charge >= 0.3 is 0 Å². The fraction of sp³-hybridized carbons (Fsp3) is 0.500. The van der Waals surface area contributed by atoms with E-state index in [-0.39, 0.29) is 11.5 Å². The van der Waals surface area contributed by atoms with Crippen molar-refractivity contribution in [2.75, 3.05) is 6.54 Å².